The summed E-state index contributed by atoms with van der Waals surface area (Å²) < 4.78 is 39.6. The first-order valence-corrected chi connectivity index (χ1v) is 13.9. The van der Waals surface area contributed by atoms with Crippen molar-refractivity contribution in [3.63, 3.8) is 0 Å². The van der Waals surface area contributed by atoms with Crippen molar-refractivity contribution in [2.24, 2.45) is 9.39 Å². The van der Waals surface area contributed by atoms with Gasteiger partial charge in [0.2, 0.25) is 20.2 Å². The third-order valence-corrected chi connectivity index (χ3v) is 7.17. The lowest BCUT2D eigenvalue weighted by molar-refractivity contribution is -0.114. The average Bonchev–Trinajstić information content (AvgIpc) is 3.25. The summed E-state index contributed by atoms with van der Waals surface area (Å²) in [6, 6.07) is 13.2. The predicted molar refractivity (Wildman–Crippen MR) is 143 cm³/mol. The molecule has 2 heterocycles. The molecule has 0 saturated heterocycles. The molecule has 36 heavy (non-hydrogen) atoms. The van der Waals surface area contributed by atoms with Gasteiger partial charge in [-0.2, -0.15) is 9.39 Å². The van der Waals surface area contributed by atoms with Gasteiger partial charge in [0.1, 0.15) is 30.5 Å². The van der Waals surface area contributed by atoms with Crippen LogP contribution >= 0.6 is 11.9 Å². The van der Waals surface area contributed by atoms with E-state index in [4.69, 9.17) is 14.9 Å². The summed E-state index contributed by atoms with van der Waals surface area (Å²) in [5.41, 5.74) is 2.89. The van der Waals surface area contributed by atoms with Gasteiger partial charge in [-0.15, -0.1) is 0 Å². The second kappa shape index (κ2) is 10.3. The lowest BCUT2D eigenvalue weighted by atomic mass is 10.0. The van der Waals surface area contributed by atoms with Gasteiger partial charge < -0.3 is 9.47 Å². The lowest BCUT2D eigenvalue weighted by Gasteiger charge is -2.23. The van der Waals surface area contributed by atoms with Crippen LogP contribution in [-0.2, 0) is 14.6 Å². The molecule has 2 aliphatic rings. The number of rotatable bonds is 7. The van der Waals surface area contributed by atoms with Crippen LogP contribution in [0.15, 0.2) is 57.4 Å². The number of carbonyl (C=O) groups excluding carboxylic acids is 1. The number of ether oxygens (including phenoxy) is 2. The monoisotopic (exact) mass is 526 g/mol. The molecule has 2 aromatic rings. The van der Waals surface area contributed by atoms with Crippen molar-refractivity contribution in [3.8, 4) is 11.5 Å². The number of sulfone groups is 1. The van der Waals surface area contributed by atoms with E-state index in [-0.39, 0.29) is 21.7 Å². The van der Waals surface area contributed by atoms with E-state index in [1.54, 1.807) is 24.3 Å². The van der Waals surface area contributed by atoms with Crippen molar-refractivity contribution in [3.05, 3.63) is 64.7 Å². The van der Waals surface area contributed by atoms with Crippen LogP contribution in [0.3, 0.4) is 0 Å². The van der Waals surface area contributed by atoms with Gasteiger partial charge in [-0.05, 0) is 53.8 Å². The number of fused-ring (bicyclic) bond motifs is 1. The number of aryl methyl sites for hydroxylation is 1. The van der Waals surface area contributed by atoms with Crippen LogP contribution in [0.2, 0.25) is 0 Å². The molecule has 2 aromatic carbocycles. The van der Waals surface area contributed by atoms with Gasteiger partial charge in [0.05, 0.1) is 17.5 Å². The highest BCUT2D eigenvalue weighted by Gasteiger charge is 2.41. The SMILES string of the molecule is Cc1ccc(C(C)C)c(OCCOc2ccc(/C=C3/C(=N)N4C(=NC3=O)SN=C4S(C)(=O)=O)cc2)c1. The normalized spacial score (nSPS) is 16.8. The molecule has 0 spiro atoms. The number of nitrogens with zero attached hydrogens (tertiary/aromatic N) is 3. The van der Waals surface area contributed by atoms with Gasteiger partial charge >= 0.3 is 0 Å². The Morgan fingerprint density at radius 2 is 1.81 bits per heavy atom. The topological polar surface area (TPSA) is 121 Å². The highest BCUT2D eigenvalue weighted by molar-refractivity contribution is 8.16. The molecule has 0 saturated carbocycles. The largest absolute Gasteiger partial charge is 0.490 e. The molecule has 0 aromatic heterocycles. The molecule has 0 fully saturated rings. The minimum absolute atomic E-state index is 0.0289. The number of amides is 1. The number of benzene rings is 2. The Morgan fingerprint density at radius 3 is 2.47 bits per heavy atom. The van der Waals surface area contributed by atoms with E-state index in [1.807, 2.05) is 13.0 Å². The first-order valence-electron chi connectivity index (χ1n) is 11.2. The number of amidine groups is 3. The second-order valence-corrected chi connectivity index (χ2v) is 11.3. The standard InChI is InChI=1S/C25H26N4O5S2/c1-15(2)19-10-5-16(3)13-21(19)34-12-11-33-18-8-6-17(7-9-18)14-20-22(26)29-24(27-23(20)30)35-28-25(29)36(4,31)32/h5-10,13-15,26H,11-12H2,1-4H3/b20-14-,26-22?. The van der Waals surface area contributed by atoms with Crippen LogP contribution < -0.4 is 9.47 Å². The van der Waals surface area contributed by atoms with Gasteiger partial charge in [-0.3, -0.25) is 10.2 Å². The molecule has 1 amide bonds. The van der Waals surface area contributed by atoms with E-state index < -0.39 is 15.7 Å². The first-order chi connectivity index (χ1) is 17.0. The van der Waals surface area contributed by atoms with Crippen LogP contribution in [0.4, 0.5) is 0 Å². The Labute approximate surface area is 214 Å². The van der Waals surface area contributed by atoms with Crippen LogP contribution in [0.25, 0.3) is 6.08 Å². The number of hydrogen-bond donors (Lipinski definition) is 1. The number of carbonyl (C=O) groups is 1. The zero-order valence-corrected chi connectivity index (χ0v) is 21.9. The molecule has 1 N–H and O–H groups in total. The highest BCUT2D eigenvalue weighted by atomic mass is 32.2. The van der Waals surface area contributed by atoms with Crippen LogP contribution in [0.1, 0.15) is 36.5 Å². The fraction of sp³-hybridized carbons (Fsp3) is 0.280. The van der Waals surface area contributed by atoms with Gasteiger partial charge in [0.25, 0.3) is 5.91 Å². The average molecular weight is 527 g/mol. The molecule has 0 bridgehead atoms. The van der Waals surface area contributed by atoms with Crippen LogP contribution in [0.5, 0.6) is 11.5 Å². The number of hydrogen-bond acceptors (Lipinski definition) is 8. The van der Waals surface area contributed by atoms with Crippen molar-refractivity contribution in [1.29, 1.82) is 5.41 Å². The maximum Gasteiger partial charge on any atom is 0.283 e. The molecule has 9 nitrogen and oxygen atoms in total. The number of aliphatic imine (C=N–C) groups is 1. The molecular weight excluding hydrogens is 500 g/mol. The van der Waals surface area contributed by atoms with E-state index in [1.165, 1.54) is 6.08 Å². The van der Waals surface area contributed by atoms with E-state index >= 15 is 0 Å². The Hall–Kier alpha value is -3.44. The molecule has 0 unspecified atom stereocenters. The zero-order chi connectivity index (χ0) is 26.0. The molecule has 0 atom stereocenters. The quantitative estimate of drug-likeness (QED) is 0.326. The van der Waals surface area contributed by atoms with E-state index in [9.17, 15) is 13.2 Å². The van der Waals surface area contributed by atoms with Gasteiger partial charge in [0.15, 0.2) is 0 Å². The second-order valence-electron chi connectivity index (χ2n) is 8.64. The predicted octanol–water partition coefficient (Wildman–Crippen LogP) is 4.20. The Balaban J connectivity index is 1.40. The minimum Gasteiger partial charge on any atom is -0.490 e. The molecular formula is C25H26N4O5S2. The smallest absolute Gasteiger partial charge is 0.283 e. The Bertz CT molecular complexity index is 1410. The summed E-state index contributed by atoms with van der Waals surface area (Å²) in [5, 5.41) is 8.14. The summed E-state index contributed by atoms with van der Waals surface area (Å²) in [6.07, 6.45) is 2.49. The third-order valence-electron chi connectivity index (χ3n) is 5.42. The van der Waals surface area contributed by atoms with Gasteiger partial charge in [-0.1, -0.05) is 38.1 Å². The van der Waals surface area contributed by atoms with Crippen LogP contribution in [-0.4, -0.2) is 54.9 Å². The van der Waals surface area contributed by atoms with E-state index in [0.29, 0.717) is 30.4 Å². The minimum atomic E-state index is -3.70. The fourth-order valence-corrected chi connectivity index (χ4v) is 5.46. The van der Waals surface area contributed by atoms with Crippen molar-refractivity contribution < 1.29 is 22.7 Å². The summed E-state index contributed by atoms with van der Waals surface area (Å²) in [6.45, 7) is 7.02. The lowest BCUT2D eigenvalue weighted by Crippen LogP contribution is -2.45. The van der Waals surface area contributed by atoms with Crippen molar-refractivity contribution in [1.82, 2.24) is 4.90 Å². The van der Waals surface area contributed by atoms with Crippen LogP contribution in [0, 0.1) is 12.3 Å². The summed E-state index contributed by atoms with van der Waals surface area (Å²) in [5.74, 6) is 0.933. The van der Waals surface area contributed by atoms with E-state index in [2.05, 4.69) is 35.4 Å². The fourth-order valence-electron chi connectivity index (χ4n) is 3.62. The van der Waals surface area contributed by atoms with Crippen molar-refractivity contribution >= 4 is 49.9 Å². The zero-order valence-electron chi connectivity index (χ0n) is 20.3. The van der Waals surface area contributed by atoms with Gasteiger partial charge in [-0.25, -0.2) is 13.3 Å². The maximum absolute atomic E-state index is 12.5. The van der Waals surface area contributed by atoms with E-state index in [0.717, 1.165) is 40.0 Å². The third kappa shape index (κ3) is 5.52. The molecule has 4 rings (SSSR count). The molecule has 0 radical (unpaired) electrons. The first kappa shape index (κ1) is 25.6. The van der Waals surface area contributed by atoms with Crippen molar-refractivity contribution in [2.75, 3.05) is 19.5 Å². The molecule has 11 heteroatoms. The maximum atomic E-state index is 12.5. The summed E-state index contributed by atoms with van der Waals surface area (Å²) in [4.78, 5) is 17.4. The number of nitrogens with one attached hydrogen (secondary N) is 1. The summed E-state index contributed by atoms with van der Waals surface area (Å²) >= 11 is 0.759. The summed E-state index contributed by atoms with van der Waals surface area (Å²) in [7, 11) is -3.70. The van der Waals surface area contributed by atoms with Gasteiger partial charge in [0, 0.05) is 6.26 Å². The Kier molecular flexibility index (Phi) is 7.32. The molecule has 0 aliphatic carbocycles. The van der Waals surface area contributed by atoms with Crippen molar-refractivity contribution in [2.45, 2.75) is 26.7 Å². The molecule has 2 aliphatic heterocycles. The Morgan fingerprint density at radius 1 is 1.11 bits per heavy atom. The highest BCUT2D eigenvalue weighted by Crippen LogP contribution is 2.30. The molecule has 188 valence electrons.